The van der Waals surface area contributed by atoms with Crippen molar-refractivity contribution in [1.29, 1.82) is 0 Å². The van der Waals surface area contributed by atoms with Crippen LogP contribution in [-0.2, 0) is 4.74 Å². The third-order valence-corrected chi connectivity index (χ3v) is 7.76. The average Bonchev–Trinajstić information content (AvgIpc) is 3.38. The van der Waals surface area contributed by atoms with E-state index < -0.39 is 12.2 Å². The molecule has 0 saturated carbocycles. The van der Waals surface area contributed by atoms with Gasteiger partial charge in [-0.15, -0.1) is 8.78 Å². The first-order chi connectivity index (χ1) is 22.3. The Hall–Kier alpha value is -5.20. The average molecular weight is 630 g/mol. The molecule has 0 radical (unpaired) electrons. The van der Waals surface area contributed by atoms with Crippen molar-refractivity contribution in [1.82, 2.24) is 9.88 Å². The quantitative estimate of drug-likeness (QED) is 0.175. The maximum Gasteiger partial charge on any atom is 0.586 e. The Labute approximate surface area is 262 Å². The van der Waals surface area contributed by atoms with E-state index in [0.717, 1.165) is 39.3 Å². The number of benzene rings is 4. The van der Waals surface area contributed by atoms with Crippen LogP contribution in [0.2, 0.25) is 0 Å². The molecule has 2 aliphatic rings. The minimum absolute atomic E-state index is 0.0179. The Morgan fingerprint density at radius 1 is 0.978 bits per heavy atom. The van der Waals surface area contributed by atoms with Crippen LogP contribution >= 0.6 is 0 Å². The van der Waals surface area contributed by atoms with Gasteiger partial charge in [0.05, 0.1) is 31.0 Å². The van der Waals surface area contributed by atoms with E-state index in [1.165, 1.54) is 18.2 Å². The SMILES string of the molecule is O=C(Nc1cccc2c1OC(F)(F)O2)c1cccc2cc(Oc3ccnc4cc(OCCCN5CCOCC5)c(O)cc34)ccc12. The van der Waals surface area contributed by atoms with Crippen LogP contribution < -0.4 is 24.3 Å². The number of hydrogen-bond donors (Lipinski definition) is 2. The number of morpholine rings is 1. The molecular weight excluding hydrogens is 600 g/mol. The van der Waals surface area contributed by atoms with Crippen LogP contribution in [0.25, 0.3) is 21.7 Å². The lowest BCUT2D eigenvalue weighted by molar-refractivity contribution is -0.286. The molecular formula is C34H29F2N3O7. The molecule has 46 heavy (non-hydrogen) atoms. The zero-order valence-electron chi connectivity index (χ0n) is 24.5. The molecule has 1 amide bonds. The van der Waals surface area contributed by atoms with Gasteiger partial charge in [0.15, 0.2) is 23.0 Å². The van der Waals surface area contributed by atoms with Gasteiger partial charge in [0.1, 0.15) is 11.5 Å². The second kappa shape index (κ2) is 12.3. The molecule has 10 nitrogen and oxygen atoms in total. The van der Waals surface area contributed by atoms with E-state index in [1.807, 2.05) is 6.07 Å². The third-order valence-electron chi connectivity index (χ3n) is 7.76. The fourth-order valence-corrected chi connectivity index (χ4v) is 5.54. The van der Waals surface area contributed by atoms with E-state index in [9.17, 15) is 18.7 Å². The highest BCUT2D eigenvalue weighted by Crippen LogP contribution is 2.46. The Kier molecular flexibility index (Phi) is 7.89. The standard InChI is InChI=1S/C34H29F2N3O7/c35-34(36)45-30-7-2-6-26(32(30)46-34)38-33(41)24-5-1-4-21-18-22(8-9-23(21)24)44-29-10-11-37-27-20-31(28(40)19-25(27)29)43-15-3-12-39-13-16-42-17-14-39/h1-2,4-11,18-20,40H,3,12-17H2,(H,38,41). The molecule has 1 aromatic heterocycles. The molecule has 3 heterocycles. The second-order valence-electron chi connectivity index (χ2n) is 10.8. The lowest BCUT2D eigenvalue weighted by Gasteiger charge is -2.26. The molecule has 1 fully saturated rings. The topological polar surface area (TPSA) is 112 Å². The first-order valence-electron chi connectivity index (χ1n) is 14.8. The predicted molar refractivity (Wildman–Crippen MR) is 165 cm³/mol. The molecule has 2 N–H and O–H groups in total. The number of anilines is 1. The molecule has 12 heteroatoms. The summed E-state index contributed by atoms with van der Waals surface area (Å²) in [4.78, 5) is 20.0. The highest BCUT2D eigenvalue weighted by molar-refractivity contribution is 6.13. The second-order valence-corrected chi connectivity index (χ2v) is 10.8. The molecule has 0 spiro atoms. The monoisotopic (exact) mass is 629 g/mol. The van der Waals surface area contributed by atoms with Gasteiger partial charge in [-0.1, -0.05) is 18.2 Å². The summed E-state index contributed by atoms with van der Waals surface area (Å²) >= 11 is 0. The van der Waals surface area contributed by atoms with Gasteiger partial charge in [0, 0.05) is 42.8 Å². The minimum Gasteiger partial charge on any atom is -0.504 e. The van der Waals surface area contributed by atoms with E-state index in [1.54, 1.807) is 54.7 Å². The number of carbonyl (C=O) groups is 1. The van der Waals surface area contributed by atoms with Gasteiger partial charge in [-0.3, -0.25) is 14.7 Å². The Morgan fingerprint density at radius 2 is 1.83 bits per heavy atom. The predicted octanol–water partition coefficient (Wildman–Crippen LogP) is 6.56. The Balaban J connectivity index is 1.06. The zero-order valence-corrected chi connectivity index (χ0v) is 24.5. The highest BCUT2D eigenvalue weighted by Gasteiger charge is 2.44. The summed E-state index contributed by atoms with van der Waals surface area (Å²) in [7, 11) is 0. The summed E-state index contributed by atoms with van der Waals surface area (Å²) in [6, 6.07) is 19.7. The largest absolute Gasteiger partial charge is 0.586 e. The van der Waals surface area contributed by atoms with E-state index >= 15 is 0 Å². The van der Waals surface area contributed by atoms with E-state index in [-0.39, 0.29) is 22.9 Å². The van der Waals surface area contributed by atoms with Gasteiger partial charge in [-0.05, 0) is 65.7 Å². The van der Waals surface area contributed by atoms with Crippen molar-refractivity contribution in [3.8, 4) is 34.5 Å². The van der Waals surface area contributed by atoms with Crippen molar-refractivity contribution in [2.45, 2.75) is 12.7 Å². The fraction of sp³-hybridized carbons (Fsp3) is 0.235. The number of para-hydroxylation sites is 1. The van der Waals surface area contributed by atoms with Crippen LogP contribution in [0, 0.1) is 0 Å². The van der Waals surface area contributed by atoms with Crippen LogP contribution in [0.5, 0.6) is 34.5 Å². The number of alkyl halides is 2. The third kappa shape index (κ3) is 6.17. The number of carbonyl (C=O) groups excluding carboxylic acids is 1. The molecule has 0 atom stereocenters. The number of fused-ring (bicyclic) bond motifs is 3. The van der Waals surface area contributed by atoms with Gasteiger partial charge in [0.2, 0.25) is 0 Å². The van der Waals surface area contributed by atoms with Crippen LogP contribution in [0.15, 0.2) is 79.0 Å². The number of hydrogen-bond acceptors (Lipinski definition) is 9. The molecule has 0 aliphatic carbocycles. The zero-order chi connectivity index (χ0) is 31.7. The van der Waals surface area contributed by atoms with Gasteiger partial charge in [-0.2, -0.15) is 0 Å². The highest BCUT2D eigenvalue weighted by atomic mass is 19.3. The van der Waals surface area contributed by atoms with Crippen molar-refractivity contribution in [2.24, 2.45) is 0 Å². The van der Waals surface area contributed by atoms with Crippen molar-refractivity contribution >= 4 is 33.3 Å². The number of rotatable bonds is 9. The summed E-state index contributed by atoms with van der Waals surface area (Å²) in [5.41, 5.74) is 0.979. The number of amides is 1. The number of aromatic nitrogens is 1. The maximum absolute atomic E-state index is 13.6. The van der Waals surface area contributed by atoms with Crippen LogP contribution in [0.4, 0.5) is 14.5 Å². The number of nitrogens with zero attached hydrogens (tertiary/aromatic N) is 2. The van der Waals surface area contributed by atoms with Crippen molar-refractivity contribution in [3.63, 3.8) is 0 Å². The van der Waals surface area contributed by atoms with Crippen molar-refractivity contribution < 1.29 is 42.4 Å². The first-order valence-corrected chi connectivity index (χ1v) is 14.8. The van der Waals surface area contributed by atoms with E-state index in [0.29, 0.717) is 51.1 Å². The minimum atomic E-state index is -3.81. The molecule has 236 valence electrons. The Morgan fingerprint density at radius 3 is 2.70 bits per heavy atom. The summed E-state index contributed by atoms with van der Waals surface area (Å²) in [5.74, 6) is 0.386. The summed E-state index contributed by atoms with van der Waals surface area (Å²) in [6.45, 7) is 4.66. The fourth-order valence-electron chi connectivity index (χ4n) is 5.54. The van der Waals surface area contributed by atoms with E-state index in [2.05, 4.69) is 24.7 Å². The maximum atomic E-state index is 13.6. The molecule has 4 aromatic carbocycles. The molecule has 5 aromatic rings. The smallest absolute Gasteiger partial charge is 0.504 e. The van der Waals surface area contributed by atoms with Crippen LogP contribution in [-0.4, -0.2) is 66.6 Å². The number of phenolic OH excluding ortho intramolecular Hbond substituents is 1. The number of phenols is 1. The van der Waals surface area contributed by atoms with Gasteiger partial charge in [0.25, 0.3) is 5.91 Å². The summed E-state index contributed by atoms with van der Waals surface area (Å²) in [5, 5.41) is 15.3. The normalized spacial score (nSPS) is 15.6. The molecule has 1 saturated heterocycles. The van der Waals surface area contributed by atoms with Crippen molar-refractivity contribution in [3.05, 3.63) is 84.6 Å². The molecule has 7 rings (SSSR count). The number of halogens is 2. The Bertz CT molecular complexity index is 1930. The summed E-state index contributed by atoms with van der Waals surface area (Å²) in [6.07, 6.45) is -1.38. The van der Waals surface area contributed by atoms with Crippen LogP contribution in [0.1, 0.15) is 16.8 Å². The van der Waals surface area contributed by atoms with Gasteiger partial charge >= 0.3 is 6.29 Å². The van der Waals surface area contributed by atoms with Crippen molar-refractivity contribution in [2.75, 3.05) is 44.8 Å². The summed E-state index contributed by atoms with van der Waals surface area (Å²) < 4.78 is 53.8. The van der Waals surface area contributed by atoms with E-state index in [4.69, 9.17) is 14.2 Å². The molecule has 0 unspecified atom stereocenters. The lowest BCUT2D eigenvalue weighted by Crippen LogP contribution is -2.37. The van der Waals surface area contributed by atoms with Crippen LogP contribution in [0.3, 0.4) is 0 Å². The first kappa shape index (κ1) is 29.5. The number of aromatic hydroxyl groups is 1. The van der Waals surface area contributed by atoms with Gasteiger partial charge in [-0.25, -0.2) is 0 Å². The number of pyridine rings is 1. The molecule has 0 bridgehead atoms. The number of ether oxygens (including phenoxy) is 5. The number of nitrogens with one attached hydrogen (secondary N) is 1. The molecule has 2 aliphatic heterocycles. The lowest BCUT2D eigenvalue weighted by atomic mass is 10.0. The van der Waals surface area contributed by atoms with Gasteiger partial charge < -0.3 is 34.1 Å².